The number of anilines is 1. The van der Waals surface area contributed by atoms with E-state index in [-0.39, 0.29) is 24.7 Å². The first kappa shape index (κ1) is 19.6. The molecule has 0 bridgehead atoms. The molecule has 1 fully saturated rings. The lowest BCUT2D eigenvalue weighted by molar-refractivity contribution is -0.138. The largest absolute Gasteiger partial charge is 0.497 e. The molecule has 1 amide bonds. The number of piperazine rings is 1. The number of carboxylic acid groups (broad SMARTS) is 1. The summed E-state index contributed by atoms with van der Waals surface area (Å²) in [7, 11) is 1.58. The van der Waals surface area contributed by atoms with Crippen LogP contribution >= 0.6 is 0 Å². The number of carbonyl (C=O) groups is 2. The number of hydrogen-bond donors (Lipinski definition) is 1. The summed E-state index contributed by atoms with van der Waals surface area (Å²) in [5.74, 6) is 0.0433. The number of rotatable bonds is 7. The quantitative estimate of drug-likeness (QED) is 0.777. The highest BCUT2D eigenvalue weighted by molar-refractivity contribution is 5.79. The van der Waals surface area contributed by atoms with Crippen LogP contribution in [0.15, 0.2) is 42.7 Å². The SMILES string of the molecule is COc1ccc([C@@H](CC(=O)O)CC(=O)N2CCN(c3ncccn3)CC2)cc1. The van der Waals surface area contributed by atoms with Crippen molar-refractivity contribution in [3.05, 3.63) is 48.3 Å². The summed E-state index contributed by atoms with van der Waals surface area (Å²) in [6.07, 6.45) is 3.48. The van der Waals surface area contributed by atoms with Crippen LogP contribution < -0.4 is 9.64 Å². The average Bonchev–Trinajstić information content (AvgIpc) is 2.74. The fourth-order valence-corrected chi connectivity index (χ4v) is 3.34. The van der Waals surface area contributed by atoms with Gasteiger partial charge >= 0.3 is 5.97 Å². The van der Waals surface area contributed by atoms with Crippen LogP contribution in [0.25, 0.3) is 0 Å². The molecule has 148 valence electrons. The number of nitrogens with zero attached hydrogens (tertiary/aromatic N) is 4. The van der Waals surface area contributed by atoms with Gasteiger partial charge in [0.2, 0.25) is 11.9 Å². The second kappa shape index (κ2) is 9.16. The third-order valence-corrected chi connectivity index (χ3v) is 4.90. The molecule has 3 rings (SSSR count). The monoisotopic (exact) mass is 384 g/mol. The number of hydrogen-bond acceptors (Lipinski definition) is 6. The second-order valence-electron chi connectivity index (χ2n) is 6.69. The first-order valence-electron chi connectivity index (χ1n) is 9.22. The van der Waals surface area contributed by atoms with Crippen molar-refractivity contribution in [1.29, 1.82) is 0 Å². The number of methoxy groups -OCH3 is 1. The molecule has 0 saturated carbocycles. The summed E-state index contributed by atoms with van der Waals surface area (Å²) in [5, 5.41) is 9.26. The summed E-state index contributed by atoms with van der Waals surface area (Å²) >= 11 is 0. The maximum atomic E-state index is 12.8. The normalized spacial score (nSPS) is 15.2. The zero-order valence-corrected chi connectivity index (χ0v) is 15.8. The zero-order valence-electron chi connectivity index (χ0n) is 15.8. The highest BCUT2D eigenvalue weighted by Crippen LogP contribution is 2.27. The lowest BCUT2D eigenvalue weighted by Crippen LogP contribution is -2.49. The van der Waals surface area contributed by atoms with Gasteiger partial charge in [-0.05, 0) is 23.8 Å². The molecule has 1 aliphatic rings. The van der Waals surface area contributed by atoms with Crippen molar-refractivity contribution in [3.63, 3.8) is 0 Å². The molecule has 1 aliphatic heterocycles. The third-order valence-electron chi connectivity index (χ3n) is 4.90. The summed E-state index contributed by atoms with van der Waals surface area (Å²) in [6, 6.07) is 8.99. The van der Waals surface area contributed by atoms with E-state index in [2.05, 4.69) is 9.97 Å². The van der Waals surface area contributed by atoms with Crippen LogP contribution in [-0.2, 0) is 9.59 Å². The standard InChI is InChI=1S/C20H24N4O4/c1-28-17-5-3-15(4-6-17)16(14-19(26)27)13-18(25)23-9-11-24(12-10-23)20-21-7-2-8-22-20/h2-8,16H,9-14H2,1H3,(H,26,27)/t16-/m1/s1. The fraction of sp³-hybridized carbons (Fsp3) is 0.400. The molecule has 8 heteroatoms. The number of carboxylic acids is 1. The van der Waals surface area contributed by atoms with Crippen LogP contribution in [-0.4, -0.2) is 65.1 Å². The third kappa shape index (κ3) is 4.97. The summed E-state index contributed by atoms with van der Waals surface area (Å²) in [4.78, 5) is 36.4. The molecule has 1 saturated heterocycles. The van der Waals surface area contributed by atoms with E-state index < -0.39 is 5.97 Å². The predicted octanol–water partition coefficient (Wildman–Crippen LogP) is 1.78. The van der Waals surface area contributed by atoms with Gasteiger partial charge in [-0.2, -0.15) is 0 Å². The Morgan fingerprint density at radius 3 is 2.29 bits per heavy atom. The van der Waals surface area contributed by atoms with Crippen LogP contribution in [0.2, 0.25) is 0 Å². The van der Waals surface area contributed by atoms with Crippen LogP contribution in [0.3, 0.4) is 0 Å². The van der Waals surface area contributed by atoms with E-state index in [1.54, 1.807) is 42.6 Å². The molecule has 1 atom stereocenters. The van der Waals surface area contributed by atoms with E-state index >= 15 is 0 Å². The summed E-state index contributed by atoms with van der Waals surface area (Å²) < 4.78 is 5.15. The van der Waals surface area contributed by atoms with Gasteiger partial charge in [0.1, 0.15) is 5.75 Å². The van der Waals surface area contributed by atoms with Gasteiger partial charge in [-0.1, -0.05) is 12.1 Å². The van der Waals surface area contributed by atoms with Crippen LogP contribution in [0.5, 0.6) is 5.75 Å². The Morgan fingerprint density at radius 1 is 1.07 bits per heavy atom. The van der Waals surface area contributed by atoms with Crippen LogP contribution in [0.1, 0.15) is 24.3 Å². The van der Waals surface area contributed by atoms with E-state index in [0.717, 1.165) is 5.56 Å². The number of aliphatic carboxylic acids is 1. The minimum absolute atomic E-state index is 0.0318. The van der Waals surface area contributed by atoms with Gasteiger partial charge in [-0.15, -0.1) is 0 Å². The van der Waals surface area contributed by atoms with Crippen molar-refractivity contribution in [3.8, 4) is 5.75 Å². The molecule has 1 N–H and O–H groups in total. The maximum Gasteiger partial charge on any atom is 0.303 e. The van der Waals surface area contributed by atoms with Crippen molar-refractivity contribution in [2.24, 2.45) is 0 Å². The number of ether oxygens (including phenoxy) is 1. The molecule has 1 aromatic heterocycles. The highest BCUT2D eigenvalue weighted by Gasteiger charge is 2.26. The fourth-order valence-electron chi connectivity index (χ4n) is 3.34. The van der Waals surface area contributed by atoms with Gasteiger partial charge in [0.15, 0.2) is 0 Å². The van der Waals surface area contributed by atoms with Crippen molar-refractivity contribution < 1.29 is 19.4 Å². The second-order valence-corrected chi connectivity index (χ2v) is 6.69. The van der Waals surface area contributed by atoms with Crippen LogP contribution in [0, 0.1) is 0 Å². The molecule has 0 radical (unpaired) electrons. The van der Waals surface area contributed by atoms with Gasteiger partial charge in [-0.25, -0.2) is 9.97 Å². The molecule has 2 aromatic rings. The van der Waals surface area contributed by atoms with E-state index in [0.29, 0.717) is 37.9 Å². The van der Waals surface area contributed by atoms with Gasteiger partial charge in [-0.3, -0.25) is 9.59 Å². The van der Waals surface area contributed by atoms with Crippen LogP contribution in [0.4, 0.5) is 5.95 Å². The van der Waals surface area contributed by atoms with Gasteiger partial charge in [0.25, 0.3) is 0 Å². The summed E-state index contributed by atoms with van der Waals surface area (Å²) in [6.45, 7) is 2.45. The minimum atomic E-state index is -0.917. The molecule has 8 nitrogen and oxygen atoms in total. The van der Waals surface area contributed by atoms with Crippen molar-refractivity contribution >= 4 is 17.8 Å². The molecule has 0 unspecified atom stereocenters. The highest BCUT2D eigenvalue weighted by atomic mass is 16.5. The molecule has 0 aliphatic carbocycles. The lowest BCUT2D eigenvalue weighted by atomic mass is 9.91. The Kier molecular flexibility index (Phi) is 6.41. The van der Waals surface area contributed by atoms with E-state index in [9.17, 15) is 14.7 Å². The molecule has 2 heterocycles. The molecule has 0 spiro atoms. The van der Waals surface area contributed by atoms with Crippen molar-refractivity contribution in [2.45, 2.75) is 18.8 Å². The van der Waals surface area contributed by atoms with Gasteiger partial charge in [0, 0.05) is 50.9 Å². The van der Waals surface area contributed by atoms with E-state index in [1.165, 1.54) is 0 Å². The minimum Gasteiger partial charge on any atom is -0.497 e. The Bertz CT molecular complexity index is 790. The Labute approximate surface area is 163 Å². The number of carbonyl (C=O) groups excluding carboxylic acids is 1. The first-order chi connectivity index (χ1) is 13.6. The Hall–Kier alpha value is -3.16. The molecular weight excluding hydrogens is 360 g/mol. The smallest absolute Gasteiger partial charge is 0.303 e. The number of amides is 1. The van der Waals surface area contributed by atoms with E-state index in [1.807, 2.05) is 17.0 Å². The number of benzene rings is 1. The van der Waals surface area contributed by atoms with Gasteiger partial charge < -0.3 is 19.6 Å². The lowest BCUT2D eigenvalue weighted by Gasteiger charge is -2.35. The Balaban J connectivity index is 1.61. The van der Waals surface area contributed by atoms with Crippen molar-refractivity contribution in [2.75, 3.05) is 38.2 Å². The molecule has 28 heavy (non-hydrogen) atoms. The topological polar surface area (TPSA) is 95.9 Å². The molecule has 1 aromatic carbocycles. The Morgan fingerprint density at radius 2 is 1.71 bits per heavy atom. The summed E-state index contributed by atoms with van der Waals surface area (Å²) in [5.41, 5.74) is 0.827. The van der Waals surface area contributed by atoms with Crippen molar-refractivity contribution in [1.82, 2.24) is 14.9 Å². The van der Waals surface area contributed by atoms with Gasteiger partial charge in [0.05, 0.1) is 13.5 Å². The molecular formula is C20H24N4O4. The predicted molar refractivity (Wildman–Crippen MR) is 103 cm³/mol. The zero-order chi connectivity index (χ0) is 19.9. The maximum absolute atomic E-state index is 12.8. The average molecular weight is 384 g/mol. The van der Waals surface area contributed by atoms with E-state index in [4.69, 9.17) is 4.74 Å². The first-order valence-corrected chi connectivity index (χ1v) is 9.22. The number of aromatic nitrogens is 2.